The number of hydrogen-bond acceptors (Lipinski definition) is 5. The van der Waals surface area contributed by atoms with E-state index in [4.69, 9.17) is 4.98 Å². The van der Waals surface area contributed by atoms with E-state index in [9.17, 15) is 9.59 Å². The predicted molar refractivity (Wildman–Crippen MR) is 106 cm³/mol. The van der Waals surface area contributed by atoms with Gasteiger partial charge in [-0.15, -0.1) is 0 Å². The molecule has 3 heterocycles. The zero-order valence-electron chi connectivity index (χ0n) is 16.0. The molecular weight excluding hydrogens is 358 g/mol. The molecule has 2 aromatic heterocycles. The fourth-order valence-corrected chi connectivity index (χ4v) is 3.57. The van der Waals surface area contributed by atoms with Crippen molar-refractivity contribution in [3.05, 3.63) is 42.6 Å². The smallest absolute Gasteiger partial charge is 0.328 e. The van der Waals surface area contributed by atoms with E-state index in [1.54, 1.807) is 11.8 Å². The number of methoxy groups -OCH3 is 1. The van der Waals surface area contributed by atoms with E-state index in [2.05, 4.69) is 31.5 Å². The molecule has 0 aliphatic carbocycles. The van der Waals surface area contributed by atoms with Crippen LogP contribution in [0.2, 0.25) is 0 Å². The second-order valence-corrected chi connectivity index (χ2v) is 6.86. The van der Waals surface area contributed by atoms with Crippen LogP contribution in [0.25, 0.3) is 16.6 Å². The number of rotatable bonds is 3. The monoisotopic (exact) mass is 381 g/mol. The van der Waals surface area contributed by atoms with Crippen LogP contribution in [-0.2, 0) is 9.53 Å². The lowest BCUT2D eigenvalue weighted by Crippen LogP contribution is -2.54. The third-order valence-corrected chi connectivity index (χ3v) is 5.11. The van der Waals surface area contributed by atoms with Crippen molar-refractivity contribution in [1.82, 2.24) is 19.6 Å². The molecule has 1 aliphatic heterocycles. The molecule has 8 heteroatoms. The third kappa shape index (κ3) is 3.21. The zero-order valence-corrected chi connectivity index (χ0v) is 16.0. The molecule has 1 N–H and O–H groups in total. The first-order valence-electron chi connectivity index (χ1n) is 9.32. The first kappa shape index (κ1) is 18.1. The van der Waals surface area contributed by atoms with Crippen molar-refractivity contribution >= 4 is 34.4 Å². The van der Waals surface area contributed by atoms with Crippen molar-refractivity contribution in [2.75, 3.05) is 38.2 Å². The Bertz CT molecular complexity index is 1020. The molecule has 28 heavy (non-hydrogen) atoms. The minimum atomic E-state index is -0.668. The molecule has 0 saturated carbocycles. The number of carbonyl (C=O) groups excluding carboxylic acids is 2. The second-order valence-electron chi connectivity index (χ2n) is 6.86. The van der Waals surface area contributed by atoms with Gasteiger partial charge in [0.05, 0.1) is 23.7 Å². The van der Waals surface area contributed by atoms with Crippen molar-refractivity contribution in [2.24, 2.45) is 0 Å². The Hall–Kier alpha value is -3.29. The van der Waals surface area contributed by atoms with Crippen LogP contribution in [0.4, 0.5) is 10.6 Å². The Labute approximate surface area is 162 Å². The number of anilines is 1. The number of fused-ring (bicyclic) bond motifs is 3. The van der Waals surface area contributed by atoms with Gasteiger partial charge in [0.15, 0.2) is 5.82 Å². The first-order chi connectivity index (χ1) is 13.6. The van der Waals surface area contributed by atoms with Crippen LogP contribution >= 0.6 is 0 Å². The minimum absolute atomic E-state index is 0.253. The van der Waals surface area contributed by atoms with Gasteiger partial charge < -0.3 is 24.3 Å². The van der Waals surface area contributed by atoms with Gasteiger partial charge in [-0.1, -0.05) is 12.1 Å². The van der Waals surface area contributed by atoms with Crippen molar-refractivity contribution in [3.63, 3.8) is 0 Å². The van der Waals surface area contributed by atoms with E-state index < -0.39 is 12.0 Å². The van der Waals surface area contributed by atoms with E-state index in [-0.39, 0.29) is 6.03 Å². The lowest BCUT2D eigenvalue weighted by Gasteiger charge is -2.36. The van der Waals surface area contributed by atoms with E-state index in [0.29, 0.717) is 26.2 Å². The Kier molecular flexibility index (Phi) is 4.77. The number of hydrogen-bond donors (Lipinski definition) is 1. The largest absolute Gasteiger partial charge is 0.467 e. The lowest BCUT2D eigenvalue weighted by molar-refractivity contribution is -0.142. The lowest BCUT2D eigenvalue weighted by atomic mass is 10.2. The van der Waals surface area contributed by atoms with E-state index in [1.165, 1.54) is 7.11 Å². The summed E-state index contributed by atoms with van der Waals surface area (Å²) in [5.74, 6) is 0.467. The number of esters is 1. The summed E-state index contributed by atoms with van der Waals surface area (Å²) in [5.41, 5.74) is 3.06. The summed E-state index contributed by atoms with van der Waals surface area (Å²) in [6.07, 6.45) is 2.04. The molecule has 0 spiro atoms. The van der Waals surface area contributed by atoms with Crippen molar-refractivity contribution < 1.29 is 14.3 Å². The van der Waals surface area contributed by atoms with Crippen molar-refractivity contribution in [3.8, 4) is 0 Å². The Morgan fingerprint density at radius 3 is 2.54 bits per heavy atom. The third-order valence-electron chi connectivity index (χ3n) is 5.11. The van der Waals surface area contributed by atoms with E-state index >= 15 is 0 Å². The Balaban J connectivity index is 1.50. The van der Waals surface area contributed by atoms with Crippen LogP contribution in [0.5, 0.6) is 0 Å². The quantitative estimate of drug-likeness (QED) is 0.701. The molecule has 146 valence electrons. The number of piperazine rings is 1. The molecule has 1 fully saturated rings. The van der Waals surface area contributed by atoms with Crippen LogP contribution in [0, 0.1) is 0 Å². The molecule has 0 bridgehead atoms. The second kappa shape index (κ2) is 7.38. The van der Waals surface area contributed by atoms with Crippen LogP contribution in [0.1, 0.15) is 6.92 Å². The summed E-state index contributed by atoms with van der Waals surface area (Å²) < 4.78 is 6.80. The molecule has 4 rings (SSSR count). The van der Waals surface area contributed by atoms with Gasteiger partial charge in [-0.3, -0.25) is 0 Å². The summed E-state index contributed by atoms with van der Waals surface area (Å²) in [7, 11) is 1.31. The van der Waals surface area contributed by atoms with E-state index in [0.717, 1.165) is 22.4 Å². The van der Waals surface area contributed by atoms with Crippen LogP contribution in [0.3, 0.4) is 0 Å². The summed E-state index contributed by atoms with van der Waals surface area (Å²) in [6.45, 7) is 4.07. The Morgan fingerprint density at radius 1 is 1.07 bits per heavy atom. The first-order valence-corrected chi connectivity index (χ1v) is 9.32. The molecule has 3 aromatic rings. The normalized spacial score (nSPS) is 15.6. The highest BCUT2D eigenvalue weighted by Crippen LogP contribution is 2.26. The molecule has 0 radical (unpaired) electrons. The molecule has 1 atom stereocenters. The standard InChI is InChI=1S/C20H23N5O3/c1-14(19(26)28-2)21-20(27)24-12-10-23(11-13-24)18-17-8-5-9-25(17)16-7-4-3-6-15(16)22-18/h3-9,14H,10-13H2,1-2H3,(H,21,27)/t14-/m0/s1. The summed E-state index contributed by atoms with van der Waals surface area (Å²) in [4.78, 5) is 32.7. The van der Waals surface area contributed by atoms with Gasteiger partial charge in [0.25, 0.3) is 0 Å². The van der Waals surface area contributed by atoms with Gasteiger partial charge in [-0.25, -0.2) is 14.6 Å². The fourth-order valence-electron chi connectivity index (χ4n) is 3.57. The molecule has 2 amide bonds. The van der Waals surface area contributed by atoms with Crippen LogP contribution < -0.4 is 10.2 Å². The SMILES string of the molecule is COC(=O)[C@H](C)NC(=O)N1CCN(c2nc3ccccc3n3cccc23)CC1. The van der Waals surface area contributed by atoms with Gasteiger partial charge in [-0.2, -0.15) is 0 Å². The number of nitrogens with one attached hydrogen (secondary N) is 1. The number of ether oxygens (including phenoxy) is 1. The summed E-state index contributed by atoms with van der Waals surface area (Å²) in [6, 6.07) is 11.2. The van der Waals surface area contributed by atoms with Crippen LogP contribution in [0.15, 0.2) is 42.6 Å². The van der Waals surface area contributed by atoms with Crippen molar-refractivity contribution in [1.29, 1.82) is 0 Å². The van der Waals surface area contributed by atoms with Gasteiger partial charge in [-0.05, 0) is 31.2 Å². The molecule has 1 aromatic carbocycles. The van der Waals surface area contributed by atoms with Gasteiger partial charge in [0, 0.05) is 32.4 Å². The number of aromatic nitrogens is 2. The number of amides is 2. The average Bonchev–Trinajstić information content (AvgIpc) is 3.23. The number of carbonyl (C=O) groups is 2. The van der Waals surface area contributed by atoms with Crippen molar-refractivity contribution in [2.45, 2.75) is 13.0 Å². The average molecular weight is 381 g/mol. The summed E-state index contributed by atoms with van der Waals surface area (Å²) >= 11 is 0. The number of urea groups is 1. The molecule has 1 saturated heterocycles. The topological polar surface area (TPSA) is 79.2 Å². The number of para-hydroxylation sites is 2. The van der Waals surface area contributed by atoms with E-state index in [1.807, 2.05) is 30.5 Å². The maximum absolute atomic E-state index is 12.4. The number of nitrogens with zero attached hydrogens (tertiary/aromatic N) is 4. The number of benzene rings is 1. The maximum Gasteiger partial charge on any atom is 0.328 e. The zero-order chi connectivity index (χ0) is 19.7. The molecule has 1 aliphatic rings. The predicted octanol–water partition coefficient (Wildman–Crippen LogP) is 1.88. The Morgan fingerprint density at radius 2 is 1.79 bits per heavy atom. The highest BCUT2D eigenvalue weighted by atomic mass is 16.5. The fraction of sp³-hybridized carbons (Fsp3) is 0.350. The highest BCUT2D eigenvalue weighted by molar-refractivity contribution is 5.86. The highest BCUT2D eigenvalue weighted by Gasteiger charge is 2.26. The minimum Gasteiger partial charge on any atom is -0.467 e. The molecular formula is C20H23N5O3. The summed E-state index contributed by atoms with van der Waals surface area (Å²) in [5, 5.41) is 2.68. The van der Waals surface area contributed by atoms with Gasteiger partial charge in [0.2, 0.25) is 0 Å². The van der Waals surface area contributed by atoms with Gasteiger partial charge >= 0.3 is 12.0 Å². The maximum atomic E-state index is 12.4. The van der Waals surface area contributed by atoms with Gasteiger partial charge in [0.1, 0.15) is 6.04 Å². The molecule has 0 unspecified atom stereocenters. The molecule has 8 nitrogen and oxygen atoms in total. The van der Waals surface area contributed by atoms with Crippen LogP contribution in [-0.4, -0.2) is 65.6 Å².